The van der Waals surface area contributed by atoms with Crippen LogP contribution in [0.2, 0.25) is 0 Å². The Morgan fingerprint density at radius 1 is 1.57 bits per heavy atom. The van der Waals surface area contributed by atoms with E-state index in [-0.39, 0.29) is 24.9 Å². The van der Waals surface area contributed by atoms with E-state index in [1.807, 2.05) is 0 Å². The zero-order valence-corrected chi connectivity index (χ0v) is 12.9. The van der Waals surface area contributed by atoms with E-state index < -0.39 is 11.6 Å². The van der Waals surface area contributed by atoms with Crippen molar-refractivity contribution in [2.75, 3.05) is 18.6 Å². The second-order valence-electron chi connectivity index (χ2n) is 5.14. The largest absolute Gasteiger partial charge is 0.486 e. The van der Waals surface area contributed by atoms with Gasteiger partial charge in [-0.3, -0.25) is 9.69 Å². The van der Waals surface area contributed by atoms with Crippen LogP contribution in [0.1, 0.15) is 19.4 Å². The monoisotopic (exact) mass is 311 g/mol. The van der Waals surface area contributed by atoms with E-state index in [2.05, 4.69) is 16.8 Å². The van der Waals surface area contributed by atoms with E-state index in [0.717, 1.165) is 0 Å². The average Bonchev–Trinajstić information content (AvgIpc) is 2.49. The molecule has 0 saturated heterocycles. The summed E-state index contributed by atoms with van der Waals surface area (Å²) in [5.41, 5.74) is 5.17. The number of aromatic nitrogens is 1. The maximum Gasteiger partial charge on any atom is 0.248 e. The third kappa shape index (κ3) is 3.85. The molecule has 0 saturated carbocycles. The lowest BCUT2D eigenvalue weighted by Crippen LogP contribution is -2.43. The summed E-state index contributed by atoms with van der Waals surface area (Å²) in [6, 6.07) is 0.941. The van der Waals surface area contributed by atoms with E-state index in [1.54, 1.807) is 27.0 Å². The number of likely N-dealkylation sites (N-methyl/N-ethyl adjacent to an activating group) is 1. The molecular weight excluding hydrogens is 294 g/mol. The number of carbonyl (C=O) groups excluding carboxylic acids is 1. The highest BCUT2D eigenvalue weighted by Gasteiger charge is 2.28. The number of nitrogens with zero attached hydrogens (tertiary/aromatic N) is 2. The molecule has 7 heteroatoms. The molecule has 1 aliphatic rings. The van der Waals surface area contributed by atoms with Crippen LogP contribution in [-0.4, -0.2) is 41.3 Å². The molecule has 1 aliphatic heterocycles. The molecule has 1 aromatic heterocycles. The summed E-state index contributed by atoms with van der Waals surface area (Å²) in [4.78, 5) is 17.4. The first-order valence-corrected chi connectivity index (χ1v) is 6.20. The van der Waals surface area contributed by atoms with Crippen molar-refractivity contribution in [1.29, 1.82) is 0 Å². The number of hydrogen-bond donors (Lipinski definition) is 2. The molecule has 2 rings (SSSR count). The van der Waals surface area contributed by atoms with Crippen LogP contribution in [0.25, 0.3) is 0 Å². The Labute approximate surface area is 129 Å². The number of fused-ring (bicyclic) bond motifs is 1. The predicted octanol–water partition coefficient (Wildman–Crippen LogP) is 0.308. The zero-order valence-electron chi connectivity index (χ0n) is 12.1. The lowest BCUT2D eigenvalue weighted by Gasteiger charge is -2.16. The van der Waals surface area contributed by atoms with Crippen LogP contribution in [0, 0.1) is 11.8 Å². The maximum atomic E-state index is 11.9. The molecule has 2 heterocycles. The molecule has 0 aromatic carbocycles. The van der Waals surface area contributed by atoms with Gasteiger partial charge in [-0.05, 0) is 19.9 Å². The van der Waals surface area contributed by atoms with E-state index in [0.29, 0.717) is 17.1 Å². The first-order chi connectivity index (χ1) is 9.29. The predicted molar refractivity (Wildman–Crippen MR) is 81.5 cm³/mol. The Balaban J connectivity index is 0.00000220. The van der Waals surface area contributed by atoms with Crippen LogP contribution in [-0.2, 0) is 4.79 Å². The van der Waals surface area contributed by atoms with Crippen molar-refractivity contribution >= 4 is 24.1 Å². The van der Waals surface area contributed by atoms with Gasteiger partial charge in [-0.15, -0.1) is 12.4 Å². The number of amides is 1. The minimum absolute atomic E-state index is 0. The normalized spacial score (nSPS) is 17.7. The lowest BCUT2D eigenvalue weighted by atomic mass is 10.1. The minimum Gasteiger partial charge on any atom is -0.486 e. The highest BCUT2D eigenvalue weighted by molar-refractivity contribution is 5.98. The fourth-order valence-corrected chi connectivity index (χ4v) is 1.73. The summed E-state index contributed by atoms with van der Waals surface area (Å²) in [5, 5.41) is 9.66. The van der Waals surface area contributed by atoms with Crippen LogP contribution in [0.3, 0.4) is 0 Å². The van der Waals surface area contributed by atoms with E-state index >= 15 is 0 Å². The van der Waals surface area contributed by atoms with Crippen molar-refractivity contribution in [2.24, 2.45) is 5.73 Å². The number of pyridine rings is 1. The third-order valence-electron chi connectivity index (χ3n) is 2.76. The van der Waals surface area contributed by atoms with Gasteiger partial charge >= 0.3 is 0 Å². The Hall–Kier alpha value is -1.81. The van der Waals surface area contributed by atoms with Gasteiger partial charge < -0.3 is 15.6 Å². The Kier molecular flexibility index (Phi) is 5.18. The van der Waals surface area contributed by atoms with E-state index in [1.165, 1.54) is 11.1 Å². The molecule has 21 heavy (non-hydrogen) atoms. The van der Waals surface area contributed by atoms with Crippen LogP contribution in [0.15, 0.2) is 12.3 Å². The standard InChI is InChI=1S/C14H17N3O3.ClH/c1-14(2,19)6-4-9-5-7-16-12-11(9)20-8-10(15)13(18)17(12)3;/h5,7,10,19H,8,15H2,1-3H3;1H. The van der Waals surface area contributed by atoms with Gasteiger partial charge in [0.25, 0.3) is 0 Å². The molecular formula is C14H18ClN3O3. The smallest absolute Gasteiger partial charge is 0.248 e. The average molecular weight is 312 g/mol. The molecule has 0 radical (unpaired) electrons. The van der Waals surface area contributed by atoms with Crippen molar-refractivity contribution in [3.63, 3.8) is 0 Å². The second kappa shape index (κ2) is 6.31. The number of hydrogen-bond acceptors (Lipinski definition) is 5. The quantitative estimate of drug-likeness (QED) is 0.673. The minimum atomic E-state index is -1.11. The van der Waals surface area contributed by atoms with Crippen molar-refractivity contribution in [3.05, 3.63) is 17.8 Å². The van der Waals surface area contributed by atoms with Gasteiger partial charge in [-0.2, -0.15) is 0 Å². The van der Waals surface area contributed by atoms with Crippen molar-refractivity contribution in [1.82, 2.24) is 4.98 Å². The molecule has 1 atom stereocenters. The van der Waals surface area contributed by atoms with Crippen molar-refractivity contribution in [2.45, 2.75) is 25.5 Å². The SMILES string of the molecule is CN1C(=O)C(N)COc2c(C#CC(C)(C)O)ccnc21.Cl. The third-order valence-corrected chi connectivity index (χ3v) is 2.76. The number of carbonyl (C=O) groups is 1. The summed E-state index contributed by atoms with van der Waals surface area (Å²) in [6.07, 6.45) is 1.54. The zero-order chi connectivity index (χ0) is 14.9. The van der Waals surface area contributed by atoms with E-state index in [4.69, 9.17) is 10.5 Å². The number of nitrogens with two attached hydrogens (primary N) is 1. The number of aliphatic hydroxyl groups is 1. The van der Waals surface area contributed by atoms with Crippen LogP contribution in [0.5, 0.6) is 5.75 Å². The highest BCUT2D eigenvalue weighted by Crippen LogP contribution is 2.31. The lowest BCUT2D eigenvalue weighted by molar-refractivity contribution is -0.119. The van der Waals surface area contributed by atoms with Gasteiger partial charge in [0.2, 0.25) is 5.91 Å². The van der Waals surface area contributed by atoms with Crippen molar-refractivity contribution in [3.8, 4) is 17.6 Å². The summed E-state index contributed by atoms with van der Waals surface area (Å²) in [5.74, 6) is 6.09. The topological polar surface area (TPSA) is 88.7 Å². The summed E-state index contributed by atoms with van der Waals surface area (Å²) in [7, 11) is 1.59. The second-order valence-corrected chi connectivity index (χ2v) is 5.14. The molecule has 114 valence electrons. The molecule has 3 N–H and O–H groups in total. The Morgan fingerprint density at radius 2 is 2.24 bits per heavy atom. The number of anilines is 1. The van der Waals surface area contributed by atoms with Gasteiger partial charge in [0.05, 0.1) is 5.56 Å². The molecule has 6 nitrogen and oxygen atoms in total. The molecule has 1 unspecified atom stereocenters. The van der Waals surface area contributed by atoms with Gasteiger partial charge in [0.1, 0.15) is 18.2 Å². The van der Waals surface area contributed by atoms with Gasteiger partial charge in [0, 0.05) is 13.2 Å². The van der Waals surface area contributed by atoms with Crippen molar-refractivity contribution < 1.29 is 14.6 Å². The summed E-state index contributed by atoms with van der Waals surface area (Å²) in [6.45, 7) is 3.25. The number of halogens is 1. The number of ether oxygens (including phenoxy) is 1. The van der Waals surface area contributed by atoms with Gasteiger partial charge in [-0.1, -0.05) is 11.8 Å². The molecule has 0 bridgehead atoms. The summed E-state index contributed by atoms with van der Waals surface area (Å²) < 4.78 is 5.56. The van der Waals surface area contributed by atoms with Gasteiger partial charge in [-0.25, -0.2) is 4.98 Å². The molecule has 0 aliphatic carbocycles. The molecule has 1 amide bonds. The first-order valence-electron chi connectivity index (χ1n) is 6.20. The fourth-order valence-electron chi connectivity index (χ4n) is 1.73. The Bertz CT molecular complexity index is 602. The number of rotatable bonds is 0. The maximum absolute atomic E-state index is 11.9. The first kappa shape index (κ1) is 17.2. The fraction of sp³-hybridized carbons (Fsp3) is 0.429. The summed E-state index contributed by atoms with van der Waals surface area (Å²) >= 11 is 0. The van der Waals surface area contributed by atoms with E-state index in [9.17, 15) is 9.90 Å². The molecule has 0 spiro atoms. The van der Waals surface area contributed by atoms with Crippen LogP contribution < -0.4 is 15.4 Å². The highest BCUT2D eigenvalue weighted by atomic mass is 35.5. The van der Waals surface area contributed by atoms with Crippen LogP contribution >= 0.6 is 12.4 Å². The Morgan fingerprint density at radius 3 is 2.86 bits per heavy atom. The molecule has 0 fully saturated rings. The van der Waals surface area contributed by atoms with Gasteiger partial charge in [0.15, 0.2) is 11.6 Å². The molecule has 1 aromatic rings. The van der Waals surface area contributed by atoms with Crippen LogP contribution in [0.4, 0.5) is 5.82 Å².